The Morgan fingerprint density at radius 2 is 1.61 bits per heavy atom. The molecule has 2 aromatic carbocycles. The van der Waals surface area contributed by atoms with Gasteiger partial charge in [-0.25, -0.2) is 9.97 Å². The molecule has 2 heterocycles. The standard InChI is InChI=1S/C24H24N4O3/c29-22(27-21-5-2-1-3-6-21)19-9-7-18(8-10-19)17-31-23(30)20-11-15-28(16-12-20)24-25-13-4-14-26-24/h1-10,13-14,20H,11-12,15-17H2,(H,27,29). The van der Waals surface area contributed by atoms with Crippen LogP contribution in [0.25, 0.3) is 0 Å². The number of benzene rings is 2. The molecule has 1 aliphatic heterocycles. The molecule has 7 nitrogen and oxygen atoms in total. The van der Waals surface area contributed by atoms with Crippen LogP contribution < -0.4 is 10.2 Å². The summed E-state index contributed by atoms with van der Waals surface area (Å²) in [6.45, 7) is 1.66. The molecule has 1 N–H and O–H groups in total. The van der Waals surface area contributed by atoms with Gasteiger partial charge in [-0.3, -0.25) is 9.59 Å². The molecule has 31 heavy (non-hydrogen) atoms. The summed E-state index contributed by atoms with van der Waals surface area (Å²) in [6, 6.07) is 18.2. The normalized spacial score (nSPS) is 14.1. The number of rotatable bonds is 6. The van der Waals surface area contributed by atoms with Crippen LogP contribution in [0, 0.1) is 5.92 Å². The lowest BCUT2D eigenvalue weighted by Crippen LogP contribution is -2.37. The third-order valence-corrected chi connectivity index (χ3v) is 5.29. The van der Waals surface area contributed by atoms with E-state index in [1.807, 2.05) is 42.5 Å². The fraction of sp³-hybridized carbons (Fsp3) is 0.250. The SMILES string of the molecule is O=C(Nc1ccccc1)c1ccc(COC(=O)C2CCN(c3ncccn3)CC2)cc1. The fourth-order valence-electron chi connectivity index (χ4n) is 3.52. The van der Waals surface area contributed by atoms with Gasteiger partial charge in [-0.1, -0.05) is 30.3 Å². The van der Waals surface area contributed by atoms with E-state index < -0.39 is 0 Å². The Kier molecular flexibility index (Phi) is 6.52. The zero-order valence-corrected chi connectivity index (χ0v) is 17.1. The van der Waals surface area contributed by atoms with Crippen molar-refractivity contribution in [1.82, 2.24) is 9.97 Å². The van der Waals surface area contributed by atoms with Crippen LogP contribution in [0.5, 0.6) is 0 Å². The van der Waals surface area contributed by atoms with E-state index in [4.69, 9.17) is 4.74 Å². The number of carbonyl (C=O) groups excluding carboxylic acids is 2. The largest absolute Gasteiger partial charge is 0.461 e. The van der Waals surface area contributed by atoms with Crippen molar-refractivity contribution in [1.29, 1.82) is 0 Å². The molecular weight excluding hydrogens is 392 g/mol. The van der Waals surface area contributed by atoms with E-state index in [0.717, 1.165) is 37.2 Å². The highest BCUT2D eigenvalue weighted by Crippen LogP contribution is 2.22. The number of hydrogen-bond acceptors (Lipinski definition) is 6. The number of anilines is 2. The van der Waals surface area contributed by atoms with Crippen molar-refractivity contribution in [3.63, 3.8) is 0 Å². The number of esters is 1. The first kappa shape index (κ1) is 20.5. The lowest BCUT2D eigenvalue weighted by Gasteiger charge is -2.30. The third kappa shape index (κ3) is 5.45. The maximum Gasteiger partial charge on any atom is 0.309 e. The average Bonchev–Trinajstić information content (AvgIpc) is 2.84. The second-order valence-corrected chi connectivity index (χ2v) is 7.43. The van der Waals surface area contributed by atoms with E-state index >= 15 is 0 Å². The number of nitrogens with one attached hydrogen (secondary N) is 1. The monoisotopic (exact) mass is 416 g/mol. The molecule has 4 rings (SSSR count). The number of amides is 1. The predicted molar refractivity (Wildman–Crippen MR) is 118 cm³/mol. The Balaban J connectivity index is 1.24. The van der Waals surface area contributed by atoms with Crippen LogP contribution in [0.15, 0.2) is 73.1 Å². The van der Waals surface area contributed by atoms with E-state index in [9.17, 15) is 9.59 Å². The molecule has 1 fully saturated rings. The Morgan fingerprint density at radius 3 is 2.29 bits per heavy atom. The molecule has 0 bridgehead atoms. The van der Waals surface area contributed by atoms with Gasteiger partial charge < -0.3 is 15.0 Å². The molecule has 1 saturated heterocycles. The zero-order valence-electron chi connectivity index (χ0n) is 17.1. The minimum absolute atomic E-state index is 0.115. The number of piperidine rings is 1. The van der Waals surface area contributed by atoms with Crippen molar-refractivity contribution in [3.8, 4) is 0 Å². The van der Waals surface area contributed by atoms with Gasteiger partial charge in [0.15, 0.2) is 0 Å². The number of nitrogens with zero attached hydrogens (tertiary/aromatic N) is 3. The van der Waals surface area contributed by atoms with Crippen LogP contribution in [-0.2, 0) is 16.1 Å². The predicted octanol–water partition coefficient (Wildman–Crippen LogP) is 3.69. The molecule has 1 aromatic heterocycles. The average molecular weight is 416 g/mol. The summed E-state index contributed by atoms with van der Waals surface area (Å²) >= 11 is 0. The molecule has 0 unspecified atom stereocenters. The number of aromatic nitrogens is 2. The van der Waals surface area contributed by atoms with Gasteiger partial charge in [-0.05, 0) is 48.7 Å². The topological polar surface area (TPSA) is 84.4 Å². The maximum atomic E-state index is 12.5. The van der Waals surface area contributed by atoms with Crippen LogP contribution in [0.1, 0.15) is 28.8 Å². The van der Waals surface area contributed by atoms with Gasteiger partial charge in [0.1, 0.15) is 6.61 Å². The maximum absolute atomic E-state index is 12.5. The smallest absolute Gasteiger partial charge is 0.309 e. The molecule has 0 radical (unpaired) electrons. The first-order chi connectivity index (χ1) is 15.2. The molecule has 0 spiro atoms. The van der Waals surface area contributed by atoms with Crippen molar-refractivity contribution < 1.29 is 14.3 Å². The van der Waals surface area contributed by atoms with Gasteiger partial charge in [0.25, 0.3) is 5.91 Å². The zero-order chi connectivity index (χ0) is 21.5. The Morgan fingerprint density at radius 1 is 0.935 bits per heavy atom. The summed E-state index contributed by atoms with van der Waals surface area (Å²) in [4.78, 5) is 35.4. The molecule has 1 amide bonds. The van der Waals surface area contributed by atoms with Gasteiger partial charge in [-0.15, -0.1) is 0 Å². The van der Waals surface area contributed by atoms with Crippen LogP contribution in [-0.4, -0.2) is 34.9 Å². The summed E-state index contributed by atoms with van der Waals surface area (Å²) < 4.78 is 5.52. The van der Waals surface area contributed by atoms with Crippen molar-refractivity contribution in [3.05, 3.63) is 84.2 Å². The quantitative estimate of drug-likeness (QED) is 0.617. The summed E-state index contributed by atoms with van der Waals surface area (Å²) in [6.07, 6.45) is 4.88. The molecule has 3 aromatic rings. The van der Waals surface area contributed by atoms with E-state index in [1.54, 1.807) is 30.6 Å². The minimum atomic E-state index is -0.181. The Hall–Kier alpha value is -3.74. The highest BCUT2D eigenvalue weighted by molar-refractivity contribution is 6.04. The number of para-hydroxylation sites is 1. The van der Waals surface area contributed by atoms with Gasteiger partial charge in [0.05, 0.1) is 5.92 Å². The van der Waals surface area contributed by atoms with E-state index in [2.05, 4.69) is 20.2 Å². The van der Waals surface area contributed by atoms with Crippen molar-refractivity contribution >= 4 is 23.5 Å². The van der Waals surface area contributed by atoms with Crippen LogP contribution in [0.3, 0.4) is 0 Å². The summed E-state index contributed by atoms with van der Waals surface area (Å²) in [5, 5.41) is 2.85. The lowest BCUT2D eigenvalue weighted by atomic mass is 9.97. The third-order valence-electron chi connectivity index (χ3n) is 5.29. The first-order valence-corrected chi connectivity index (χ1v) is 10.3. The molecular formula is C24H24N4O3. The highest BCUT2D eigenvalue weighted by atomic mass is 16.5. The van der Waals surface area contributed by atoms with Gasteiger partial charge in [0, 0.05) is 36.7 Å². The molecule has 0 saturated carbocycles. The number of ether oxygens (including phenoxy) is 1. The van der Waals surface area contributed by atoms with Crippen molar-refractivity contribution in [2.45, 2.75) is 19.4 Å². The van der Waals surface area contributed by atoms with Crippen molar-refractivity contribution in [2.24, 2.45) is 5.92 Å². The molecule has 158 valence electrons. The van der Waals surface area contributed by atoms with Gasteiger partial charge >= 0.3 is 5.97 Å². The Labute approximate surface area is 181 Å². The van der Waals surface area contributed by atoms with Crippen molar-refractivity contribution in [2.75, 3.05) is 23.3 Å². The fourth-order valence-corrected chi connectivity index (χ4v) is 3.52. The second kappa shape index (κ2) is 9.84. The number of hydrogen-bond donors (Lipinski definition) is 1. The molecule has 7 heteroatoms. The Bertz CT molecular complexity index is 1000. The minimum Gasteiger partial charge on any atom is -0.461 e. The van der Waals surface area contributed by atoms with Crippen LogP contribution in [0.2, 0.25) is 0 Å². The summed E-state index contributed by atoms with van der Waals surface area (Å²) in [5.41, 5.74) is 2.14. The van der Waals surface area contributed by atoms with E-state index in [-0.39, 0.29) is 24.4 Å². The summed E-state index contributed by atoms with van der Waals surface area (Å²) in [5.74, 6) is 0.227. The first-order valence-electron chi connectivity index (χ1n) is 10.3. The van der Waals surface area contributed by atoms with Crippen LogP contribution >= 0.6 is 0 Å². The van der Waals surface area contributed by atoms with Gasteiger partial charge in [0.2, 0.25) is 5.95 Å². The van der Waals surface area contributed by atoms with E-state index in [0.29, 0.717) is 11.5 Å². The molecule has 1 aliphatic rings. The number of carbonyl (C=O) groups is 2. The summed E-state index contributed by atoms with van der Waals surface area (Å²) in [7, 11) is 0. The van der Waals surface area contributed by atoms with Gasteiger partial charge in [-0.2, -0.15) is 0 Å². The highest BCUT2D eigenvalue weighted by Gasteiger charge is 2.27. The molecule has 0 aliphatic carbocycles. The molecule has 0 atom stereocenters. The second-order valence-electron chi connectivity index (χ2n) is 7.43. The van der Waals surface area contributed by atoms with Crippen LogP contribution in [0.4, 0.5) is 11.6 Å². The van der Waals surface area contributed by atoms with E-state index in [1.165, 1.54) is 0 Å². The lowest BCUT2D eigenvalue weighted by molar-refractivity contribution is -0.150.